The van der Waals surface area contributed by atoms with Crippen molar-refractivity contribution < 1.29 is 9.47 Å². The maximum absolute atomic E-state index is 9.09. The van der Waals surface area contributed by atoms with E-state index in [4.69, 9.17) is 14.7 Å². The topological polar surface area (TPSA) is 95.1 Å². The van der Waals surface area contributed by atoms with Crippen LogP contribution in [0.5, 0.6) is 0 Å². The van der Waals surface area contributed by atoms with Crippen LogP contribution >= 0.6 is 0 Å². The minimum absolute atomic E-state index is 0.105. The molecular formula is C23H28N6O2. The average molecular weight is 421 g/mol. The number of anilines is 1. The number of aliphatic imine (C=N–C) groups is 2. The van der Waals surface area contributed by atoms with E-state index in [0.29, 0.717) is 23.6 Å². The van der Waals surface area contributed by atoms with Gasteiger partial charge in [0.25, 0.3) is 0 Å². The fourth-order valence-corrected chi connectivity index (χ4v) is 4.09. The molecule has 162 valence electrons. The molecule has 0 aromatic carbocycles. The molecule has 0 spiro atoms. The molecule has 2 atom stereocenters. The Balaban J connectivity index is 1.38. The number of rotatable bonds is 7. The molecule has 0 saturated carbocycles. The molecule has 31 heavy (non-hydrogen) atoms. The van der Waals surface area contributed by atoms with Crippen LogP contribution in [0.15, 0.2) is 52.1 Å². The van der Waals surface area contributed by atoms with E-state index in [2.05, 4.69) is 31.3 Å². The first kappa shape index (κ1) is 21.1. The van der Waals surface area contributed by atoms with Crippen LogP contribution in [0.2, 0.25) is 0 Å². The van der Waals surface area contributed by atoms with Gasteiger partial charge in [0.15, 0.2) is 11.5 Å². The smallest absolute Gasteiger partial charge is 0.159 e. The van der Waals surface area contributed by atoms with Crippen molar-refractivity contribution in [3.8, 4) is 6.07 Å². The molecule has 3 aliphatic rings. The van der Waals surface area contributed by atoms with Crippen LogP contribution in [0.1, 0.15) is 31.2 Å². The van der Waals surface area contributed by atoms with Crippen molar-refractivity contribution in [1.82, 2.24) is 9.88 Å². The van der Waals surface area contributed by atoms with Crippen LogP contribution in [-0.2, 0) is 9.47 Å². The summed E-state index contributed by atoms with van der Waals surface area (Å²) in [5, 5.41) is 12.4. The number of amidine groups is 1. The molecule has 0 radical (unpaired) electrons. The number of nitrogens with one attached hydrogen (secondary N) is 1. The number of nitriles is 1. The van der Waals surface area contributed by atoms with E-state index >= 15 is 0 Å². The molecule has 1 N–H and O–H groups in total. The number of fused-ring (bicyclic) bond motifs is 1. The SMILES string of the molecule is COC1=CC2C(Nc3cncc(C#N)c3)=NC=NC2C=C1OCCCN1CCCCC1. The Bertz CT molecular complexity index is 940. The zero-order valence-corrected chi connectivity index (χ0v) is 17.8. The molecule has 1 aromatic heterocycles. The van der Waals surface area contributed by atoms with Crippen molar-refractivity contribution in [3.05, 3.63) is 47.7 Å². The molecule has 8 nitrogen and oxygen atoms in total. The van der Waals surface area contributed by atoms with Crippen LogP contribution in [0.25, 0.3) is 0 Å². The summed E-state index contributed by atoms with van der Waals surface area (Å²) in [5.41, 5.74) is 1.20. The first-order valence-corrected chi connectivity index (χ1v) is 10.8. The average Bonchev–Trinajstić information content (AvgIpc) is 2.82. The first-order valence-electron chi connectivity index (χ1n) is 10.8. The molecule has 4 rings (SSSR count). The van der Waals surface area contributed by atoms with Gasteiger partial charge in [-0.3, -0.25) is 9.98 Å². The molecule has 2 unspecified atom stereocenters. The molecule has 1 fully saturated rings. The molecule has 1 saturated heterocycles. The number of hydrogen-bond donors (Lipinski definition) is 1. The predicted octanol–water partition coefficient (Wildman–Crippen LogP) is 3.11. The van der Waals surface area contributed by atoms with Gasteiger partial charge in [0.05, 0.1) is 43.1 Å². The van der Waals surface area contributed by atoms with Gasteiger partial charge in [-0.25, -0.2) is 4.99 Å². The summed E-state index contributed by atoms with van der Waals surface area (Å²) in [7, 11) is 1.65. The van der Waals surface area contributed by atoms with Gasteiger partial charge in [0, 0.05) is 12.7 Å². The maximum atomic E-state index is 9.09. The van der Waals surface area contributed by atoms with Crippen molar-refractivity contribution >= 4 is 17.9 Å². The number of hydrogen-bond acceptors (Lipinski definition) is 8. The van der Waals surface area contributed by atoms with Gasteiger partial charge in [-0.2, -0.15) is 5.26 Å². The predicted molar refractivity (Wildman–Crippen MR) is 120 cm³/mol. The Kier molecular flexibility index (Phi) is 6.95. The van der Waals surface area contributed by atoms with E-state index in [9.17, 15) is 0 Å². The highest BCUT2D eigenvalue weighted by Gasteiger charge is 2.32. The summed E-state index contributed by atoms with van der Waals surface area (Å²) in [6, 6.07) is 3.72. The third-order valence-electron chi connectivity index (χ3n) is 5.70. The van der Waals surface area contributed by atoms with Crippen LogP contribution in [0.4, 0.5) is 5.69 Å². The first-order chi connectivity index (χ1) is 15.3. The van der Waals surface area contributed by atoms with Gasteiger partial charge in [-0.05, 0) is 50.6 Å². The normalized spacial score (nSPS) is 23.0. The van der Waals surface area contributed by atoms with E-state index in [1.807, 2.05) is 12.2 Å². The second kappa shape index (κ2) is 10.2. The third kappa shape index (κ3) is 5.30. The summed E-state index contributed by atoms with van der Waals surface area (Å²) >= 11 is 0. The van der Waals surface area contributed by atoms with Crippen LogP contribution in [0.3, 0.4) is 0 Å². The fourth-order valence-electron chi connectivity index (χ4n) is 4.09. The maximum Gasteiger partial charge on any atom is 0.159 e. The van der Waals surface area contributed by atoms with Crippen molar-refractivity contribution in [2.45, 2.75) is 31.7 Å². The van der Waals surface area contributed by atoms with Crippen molar-refractivity contribution in [3.63, 3.8) is 0 Å². The molecule has 3 heterocycles. The number of piperidine rings is 1. The molecule has 8 heteroatoms. The zero-order valence-electron chi connectivity index (χ0n) is 17.8. The molecule has 2 aliphatic heterocycles. The standard InChI is InChI=1S/C23H28N6O2/c1-30-21-11-19-20(12-22(21)31-9-5-8-29-6-3-2-4-7-29)26-16-27-23(19)28-18-10-17(13-24)14-25-15-18/h10-12,14-16,19-20H,2-9H2,1H3,(H,26,27,28). The van der Waals surface area contributed by atoms with E-state index in [0.717, 1.165) is 24.6 Å². The fraction of sp³-hybridized carbons (Fsp3) is 0.478. The minimum Gasteiger partial charge on any atom is -0.493 e. The lowest BCUT2D eigenvalue weighted by molar-refractivity contribution is 0.149. The highest BCUT2D eigenvalue weighted by atomic mass is 16.5. The van der Waals surface area contributed by atoms with Crippen molar-refractivity contribution in [1.29, 1.82) is 5.26 Å². The summed E-state index contributed by atoms with van der Waals surface area (Å²) < 4.78 is 11.7. The summed E-state index contributed by atoms with van der Waals surface area (Å²) in [4.78, 5) is 15.5. The zero-order chi connectivity index (χ0) is 21.5. The van der Waals surface area contributed by atoms with E-state index in [1.54, 1.807) is 25.7 Å². The molecule has 0 bridgehead atoms. The largest absolute Gasteiger partial charge is 0.493 e. The van der Waals surface area contributed by atoms with Crippen LogP contribution < -0.4 is 5.32 Å². The molecular weight excluding hydrogens is 392 g/mol. The number of pyridine rings is 1. The number of aromatic nitrogens is 1. The number of methoxy groups -OCH3 is 1. The Morgan fingerprint density at radius 2 is 2.06 bits per heavy atom. The van der Waals surface area contributed by atoms with Crippen molar-refractivity contribution in [2.75, 3.05) is 38.7 Å². The van der Waals surface area contributed by atoms with E-state index in [1.165, 1.54) is 38.5 Å². The highest BCUT2D eigenvalue weighted by Crippen LogP contribution is 2.30. The third-order valence-corrected chi connectivity index (χ3v) is 5.70. The highest BCUT2D eigenvalue weighted by molar-refractivity contribution is 6.03. The minimum atomic E-state index is -0.122. The Hall–Kier alpha value is -3.18. The molecule has 1 aromatic rings. The van der Waals surface area contributed by atoms with Gasteiger partial charge in [-0.1, -0.05) is 6.42 Å². The Morgan fingerprint density at radius 1 is 1.19 bits per heavy atom. The van der Waals surface area contributed by atoms with Crippen LogP contribution in [0, 0.1) is 17.2 Å². The molecule has 1 aliphatic carbocycles. The quantitative estimate of drug-likeness (QED) is 0.681. The van der Waals surface area contributed by atoms with E-state index < -0.39 is 0 Å². The number of ether oxygens (including phenoxy) is 2. The second-order valence-electron chi connectivity index (χ2n) is 7.86. The lowest BCUT2D eigenvalue weighted by Crippen LogP contribution is -2.35. The van der Waals surface area contributed by atoms with Gasteiger partial charge in [0.1, 0.15) is 18.2 Å². The Morgan fingerprint density at radius 3 is 2.87 bits per heavy atom. The summed E-state index contributed by atoms with van der Waals surface area (Å²) in [6.45, 7) is 4.12. The summed E-state index contributed by atoms with van der Waals surface area (Å²) in [6.07, 6.45) is 13.7. The van der Waals surface area contributed by atoms with Crippen molar-refractivity contribution in [2.24, 2.45) is 15.9 Å². The van der Waals surface area contributed by atoms with E-state index in [-0.39, 0.29) is 12.0 Å². The lowest BCUT2D eigenvalue weighted by atomic mass is 9.91. The summed E-state index contributed by atoms with van der Waals surface area (Å²) in [5.74, 6) is 2.04. The lowest BCUT2D eigenvalue weighted by Gasteiger charge is -2.29. The number of nitrogens with zero attached hydrogens (tertiary/aromatic N) is 5. The molecule has 0 amide bonds. The van der Waals surface area contributed by atoms with Gasteiger partial charge in [-0.15, -0.1) is 0 Å². The monoisotopic (exact) mass is 420 g/mol. The number of likely N-dealkylation sites (tertiary alicyclic amines) is 1. The van der Waals surface area contributed by atoms with Crippen LogP contribution in [-0.4, -0.2) is 61.5 Å². The van der Waals surface area contributed by atoms with Gasteiger partial charge >= 0.3 is 0 Å². The van der Waals surface area contributed by atoms with Gasteiger partial charge in [0.2, 0.25) is 0 Å². The van der Waals surface area contributed by atoms with Gasteiger partial charge < -0.3 is 19.7 Å². The second-order valence-corrected chi connectivity index (χ2v) is 7.86. The Labute approximate surface area is 183 Å².